The molecule has 2 N–H and O–H groups in total. The molecule has 3 aromatic carbocycles. The molecule has 0 bridgehead atoms. The largest absolute Gasteiger partial charge is 0.325 e. The predicted octanol–water partition coefficient (Wildman–Crippen LogP) is 5.02. The number of likely N-dealkylation sites (tertiary alicyclic amines) is 1. The highest BCUT2D eigenvalue weighted by atomic mass is 35.5. The predicted molar refractivity (Wildman–Crippen MR) is 144 cm³/mol. The van der Waals surface area contributed by atoms with Gasteiger partial charge in [-0.2, -0.15) is 0 Å². The average Bonchev–Trinajstić information content (AvgIpc) is 2.86. The zero-order chi connectivity index (χ0) is 25.7. The Labute approximate surface area is 218 Å². The molecular weight excluding hydrogens is 494 g/mol. The van der Waals surface area contributed by atoms with E-state index < -0.39 is 9.84 Å². The summed E-state index contributed by atoms with van der Waals surface area (Å²) in [6.07, 6.45) is 2.08. The van der Waals surface area contributed by atoms with Gasteiger partial charge in [-0.3, -0.25) is 9.69 Å². The minimum absolute atomic E-state index is 0.0471. The lowest BCUT2D eigenvalue weighted by Gasteiger charge is -2.33. The minimum atomic E-state index is -3.56. The van der Waals surface area contributed by atoms with Crippen LogP contribution in [0.3, 0.4) is 0 Å². The maximum absolute atomic E-state index is 12.9. The van der Waals surface area contributed by atoms with Crippen LogP contribution in [0.25, 0.3) is 0 Å². The highest BCUT2D eigenvalue weighted by Crippen LogP contribution is 2.32. The number of halogens is 1. The van der Waals surface area contributed by atoms with Gasteiger partial charge in [0.1, 0.15) is 0 Å². The summed E-state index contributed by atoms with van der Waals surface area (Å²) in [5, 5.41) is 6.33. The van der Waals surface area contributed by atoms with Crippen LogP contribution < -0.4 is 10.6 Å². The molecule has 1 amide bonds. The zero-order valence-corrected chi connectivity index (χ0v) is 22.2. The van der Waals surface area contributed by atoms with E-state index in [0.717, 1.165) is 43.7 Å². The van der Waals surface area contributed by atoms with E-state index in [9.17, 15) is 13.2 Å². The zero-order valence-electron chi connectivity index (χ0n) is 20.6. The molecule has 8 heteroatoms. The first-order valence-electron chi connectivity index (χ1n) is 12.1. The standard InChI is InChI=1S/C28H32ClN3O3S/c1-20-3-8-24(31-28(33)18-30-2)17-27(20)22-13-15-32(16-14-22)19-21-4-9-25(10-5-21)36(34,35)26-11-6-23(29)7-12-26/h3-12,17,22,30H,13-16,18-19H2,1-2H3,(H,31,33). The number of piperidine rings is 1. The van der Waals surface area contributed by atoms with Gasteiger partial charge in [-0.25, -0.2) is 8.42 Å². The highest BCUT2D eigenvalue weighted by Gasteiger charge is 2.23. The van der Waals surface area contributed by atoms with E-state index in [0.29, 0.717) is 10.9 Å². The molecule has 0 aliphatic carbocycles. The number of hydrogen-bond donors (Lipinski definition) is 2. The van der Waals surface area contributed by atoms with Crippen LogP contribution in [0, 0.1) is 6.92 Å². The van der Waals surface area contributed by atoms with Crippen LogP contribution in [-0.4, -0.2) is 45.9 Å². The Morgan fingerprint density at radius 2 is 1.58 bits per heavy atom. The fourth-order valence-electron chi connectivity index (χ4n) is 4.71. The molecular formula is C28H32ClN3O3S. The summed E-state index contributed by atoms with van der Waals surface area (Å²) in [5.74, 6) is 0.406. The van der Waals surface area contributed by atoms with Gasteiger partial charge in [0.25, 0.3) is 0 Å². The number of benzene rings is 3. The molecule has 0 saturated carbocycles. The van der Waals surface area contributed by atoms with E-state index in [4.69, 9.17) is 11.6 Å². The topological polar surface area (TPSA) is 78.5 Å². The number of sulfone groups is 1. The van der Waals surface area contributed by atoms with Gasteiger partial charge in [0, 0.05) is 17.3 Å². The van der Waals surface area contributed by atoms with Crippen LogP contribution in [0.5, 0.6) is 0 Å². The van der Waals surface area contributed by atoms with Crippen molar-refractivity contribution in [2.45, 2.75) is 42.0 Å². The smallest absolute Gasteiger partial charge is 0.238 e. The number of carbonyl (C=O) groups excluding carboxylic acids is 1. The molecule has 4 rings (SSSR count). The molecule has 1 saturated heterocycles. The van der Waals surface area contributed by atoms with Crippen molar-refractivity contribution in [2.75, 3.05) is 32.0 Å². The molecule has 0 unspecified atom stereocenters. The van der Waals surface area contributed by atoms with Crippen LogP contribution in [0.15, 0.2) is 76.5 Å². The number of carbonyl (C=O) groups is 1. The summed E-state index contributed by atoms with van der Waals surface area (Å²) in [7, 11) is -1.81. The Morgan fingerprint density at radius 3 is 2.19 bits per heavy atom. The summed E-state index contributed by atoms with van der Waals surface area (Å²) in [5.41, 5.74) is 4.48. The van der Waals surface area contributed by atoms with E-state index in [1.165, 1.54) is 23.3 Å². The summed E-state index contributed by atoms with van der Waals surface area (Å²) in [6, 6.07) is 19.6. The van der Waals surface area contributed by atoms with Crippen LogP contribution in [-0.2, 0) is 21.2 Å². The van der Waals surface area contributed by atoms with Crippen molar-refractivity contribution in [3.63, 3.8) is 0 Å². The lowest BCUT2D eigenvalue weighted by Crippen LogP contribution is -2.32. The molecule has 190 valence electrons. The van der Waals surface area contributed by atoms with Gasteiger partial charge in [0.2, 0.25) is 15.7 Å². The van der Waals surface area contributed by atoms with Crippen molar-refractivity contribution < 1.29 is 13.2 Å². The first-order chi connectivity index (χ1) is 17.3. The summed E-state index contributed by atoms with van der Waals surface area (Å²) in [6.45, 7) is 5.12. The summed E-state index contributed by atoms with van der Waals surface area (Å²) < 4.78 is 25.8. The van der Waals surface area contributed by atoms with Gasteiger partial charge in [-0.05, 0) is 111 Å². The van der Waals surface area contributed by atoms with Crippen molar-refractivity contribution in [2.24, 2.45) is 0 Å². The van der Waals surface area contributed by atoms with Crippen molar-refractivity contribution >= 4 is 33.0 Å². The second kappa shape index (κ2) is 11.6. The number of amides is 1. The van der Waals surface area contributed by atoms with Crippen LogP contribution in [0.1, 0.15) is 35.4 Å². The number of nitrogens with zero attached hydrogens (tertiary/aromatic N) is 1. The Bertz CT molecular complexity index is 1300. The highest BCUT2D eigenvalue weighted by molar-refractivity contribution is 7.91. The Hall–Kier alpha value is -2.71. The molecule has 3 aromatic rings. The third-order valence-electron chi connectivity index (χ3n) is 6.69. The first kappa shape index (κ1) is 26.4. The lowest BCUT2D eigenvalue weighted by molar-refractivity contribution is -0.115. The Kier molecular flexibility index (Phi) is 8.46. The third kappa shape index (κ3) is 6.34. The molecule has 1 fully saturated rings. The number of anilines is 1. The second-order valence-corrected chi connectivity index (χ2v) is 11.7. The normalized spacial score (nSPS) is 15.1. The van der Waals surface area contributed by atoms with E-state index in [2.05, 4.69) is 34.6 Å². The summed E-state index contributed by atoms with van der Waals surface area (Å²) in [4.78, 5) is 14.9. The molecule has 0 atom stereocenters. The van der Waals surface area contributed by atoms with Crippen LogP contribution >= 0.6 is 11.6 Å². The molecule has 1 heterocycles. The third-order valence-corrected chi connectivity index (χ3v) is 8.73. The number of aryl methyl sites for hydroxylation is 1. The van der Waals surface area contributed by atoms with Gasteiger partial charge in [0.15, 0.2) is 0 Å². The SMILES string of the molecule is CNCC(=O)Nc1ccc(C)c(C2CCN(Cc3ccc(S(=O)(=O)c4ccc(Cl)cc4)cc3)CC2)c1. The Morgan fingerprint density at radius 1 is 0.972 bits per heavy atom. The van der Waals surface area contributed by atoms with Gasteiger partial charge in [-0.15, -0.1) is 0 Å². The molecule has 1 aliphatic heterocycles. The number of rotatable bonds is 8. The fourth-order valence-corrected chi connectivity index (χ4v) is 6.09. The molecule has 0 aromatic heterocycles. The number of likely N-dealkylation sites (N-methyl/N-ethyl adjacent to an activating group) is 1. The minimum Gasteiger partial charge on any atom is -0.325 e. The monoisotopic (exact) mass is 525 g/mol. The lowest BCUT2D eigenvalue weighted by atomic mass is 9.86. The molecule has 0 radical (unpaired) electrons. The van der Waals surface area contributed by atoms with Crippen LogP contribution in [0.4, 0.5) is 5.69 Å². The molecule has 36 heavy (non-hydrogen) atoms. The second-order valence-electron chi connectivity index (χ2n) is 9.30. The molecule has 1 aliphatic rings. The van der Waals surface area contributed by atoms with Gasteiger partial charge in [-0.1, -0.05) is 29.8 Å². The quantitative estimate of drug-likeness (QED) is 0.432. The first-order valence-corrected chi connectivity index (χ1v) is 14.0. The fraction of sp³-hybridized carbons (Fsp3) is 0.321. The molecule has 0 spiro atoms. The summed E-state index contributed by atoms with van der Waals surface area (Å²) >= 11 is 5.89. The van der Waals surface area contributed by atoms with Gasteiger partial charge >= 0.3 is 0 Å². The van der Waals surface area contributed by atoms with E-state index in [-0.39, 0.29) is 22.2 Å². The van der Waals surface area contributed by atoms with Crippen LogP contribution in [0.2, 0.25) is 5.02 Å². The van der Waals surface area contributed by atoms with E-state index in [1.807, 2.05) is 18.2 Å². The van der Waals surface area contributed by atoms with Crippen molar-refractivity contribution in [1.82, 2.24) is 10.2 Å². The average molecular weight is 526 g/mol. The van der Waals surface area contributed by atoms with Crippen molar-refractivity contribution in [1.29, 1.82) is 0 Å². The molecule has 6 nitrogen and oxygen atoms in total. The maximum Gasteiger partial charge on any atom is 0.238 e. The van der Waals surface area contributed by atoms with Crippen molar-refractivity contribution in [3.8, 4) is 0 Å². The van der Waals surface area contributed by atoms with Crippen molar-refractivity contribution in [3.05, 3.63) is 88.4 Å². The number of nitrogens with one attached hydrogen (secondary N) is 2. The van der Waals surface area contributed by atoms with E-state index >= 15 is 0 Å². The Balaban J connectivity index is 1.36. The van der Waals surface area contributed by atoms with Gasteiger partial charge < -0.3 is 10.6 Å². The number of hydrogen-bond acceptors (Lipinski definition) is 5. The van der Waals surface area contributed by atoms with Gasteiger partial charge in [0.05, 0.1) is 16.3 Å². The maximum atomic E-state index is 12.9. The van der Waals surface area contributed by atoms with E-state index in [1.54, 1.807) is 31.3 Å².